The number of nitrogens with two attached hydrogens (primary N) is 2. The quantitative estimate of drug-likeness (QED) is 0.551. The first-order chi connectivity index (χ1) is 14.4. The van der Waals surface area contributed by atoms with Gasteiger partial charge in [-0.05, 0) is 18.2 Å². The fourth-order valence-electron chi connectivity index (χ4n) is 2.90. The largest absolute Gasteiger partial charge is 0.368 e. The zero-order valence-corrected chi connectivity index (χ0v) is 16.1. The molecule has 152 valence electrons. The van der Waals surface area contributed by atoms with Crippen molar-refractivity contribution in [2.45, 2.75) is 0 Å². The minimum atomic E-state index is -0.736. The highest BCUT2D eigenvalue weighted by Gasteiger charge is 2.16. The predicted molar refractivity (Wildman–Crippen MR) is 113 cm³/mol. The molecule has 0 aliphatic rings. The van der Waals surface area contributed by atoms with Gasteiger partial charge in [0.05, 0.1) is 11.4 Å². The van der Waals surface area contributed by atoms with Crippen molar-refractivity contribution < 1.29 is 14.4 Å². The third-order valence-corrected chi connectivity index (χ3v) is 4.22. The van der Waals surface area contributed by atoms with Gasteiger partial charge in [-0.1, -0.05) is 48.5 Å². The van der Waals surface area contributed by atoms with Gasteiger partial charge >= 0.3 is 0 Å². The maximum atomic E-state index is 12.5. The number of benzene rings is 2. The number of aromatic nitrogens is 2. The first kappa shape index (κ1) is 20.5. The number of rotatable bonds is 8. The topological polar surface area (TPSA) is 124 Å². The van der Waals surface area contributed by atoms with E-state index in [2.05, 4.69) is 5.10 Å². The van der Waals surface area contributed by atoms with Crippen LogP contribution in [-0.4, -0.2) is 45.5 Å². The maximum Gasteiger partial charge on any atom is 0.247 e. The lowest BCUT2D eigenvalue weighted by Crippen LogP contribution is -2.42. The average Bonchev–Trinajstić information content (AvgIpc) is 3.16. The molecule has 0 radical (unpaired) electrons. The second kappa shape index (κ2) is 9.33. The highest BCUT2D eigenvalue weighted by atomic mass is 16.2. The lowest BCUT2D eigenvalue weighted by Gasteiger charge is -2.17. The van der Waals surface area contributed by atoms with E-state index < -0.39 is 30.8 Å². The summed E-state index contributed by atoms with van der Waals surface area (Å²) >= 11 is 0. The van der Waals surface area contributed by atoms with Crippen LogP contribution < -0.4 is 11.5 Å². The lowest BCUT2D eigenvalue weighted by atomic mass is 10.1. The van der Waals surface area contributed by atoms with E-state index in [0.29, 0.717) is 11.3 Å². The van der Waals surface area contributed by atoms with Crippen molar-refractivity contribution in [3.63, 3.8) is 0 Å². The van der Waals surface area contributed by atoms with Gasteiger partial charge in [-0.2, -0.15) is 5.10 Å². The lowest BCUT2D eigenvalue weighted by molar-refractivity contribution is -0.134. The van der Waals surface area contributed by atoms with Crippen molar-refractivity contribution in [1.82, 2.24) is 14.7 Å². The molecule has 0 atom stereocenters. The van der Waals surface area contributed by atoms with E-state index in [1.54, 1.807) is 17.0 Å². The van der Waals surface area contributed by atoms with Gasteiger partial charge in [0.15, 0.2) is 0 Å². The van der Waals surface area contributed by atoms with Gasteiger partial charge in [0.25, 0.3) is 0 Å². The molecule has 1 heterocycles. The Labute approximate surface area is 173 Å². The highest BCUT2D eigenvalue weighted by molar-refractivity contribution is 5.97. The van der Waals surface area contributed by atoms with Crippen LogP contribution in [0.2, 0.25) is 0 Å². The molecule has 0 unspecified atom stereocenters. The Kier molecular flexibility index (Phi) is 6.39. The molecule has 0 bridgehead atoms. The van der Waals surface area contributed by atoms with Crippen LogP contribution in [0.5, 0.6) is 0 Å². The number of nitrogens with zero attached hydrogens (tertiary/aromatic N) is 3. The predicted octanol–water partition coefficient (Wildman–Crippen LogP) is 1.35. The van der Waals surface area contributed by atoms with Gasteiger partial charge in [-0.25, -0.2) is 4.68 Å². The Hall–Kier alpha value is -4.20. The Morgan fingerprint density at radius 3 is 2.03 bits per heavy atom. The van der Waals surface area contributed by atoms with Crippen LogP contribution in [0.3, 0.4) is 0 Å². The number of hydrogen-bond acceptors (Lipinski definition) is 4. The summed E-state index contributed by atoms with van der Waals surface area (Å²) in [5, 5.41) is 4.66. The van der Waals surface area contributed by atoms with E-state index in [9.17, 15) is 14.4 Å². The summed E-state index contributed by atoms with van der Waals surface area (Å²) in [6, 6.07) is 19.1. The van der Waals surface area contributed by atoms with Crippen molar-refractivity contribution >= 4 is 23.8 Å². The number of carbonyl (C=O) groups is 3. The first-order valence-corrected chi connectivity index (χ1v) is 9.18. The molecular formula is C22H21N5O3. The molecule has 0 saturated heterocycles. The van der Waals surface area contributed by atoms with Crippen molar-refractivity contribution in [2.24, 2.45) is 11.5 Å². The summed E-state index contributed by atoms with van der Waals surface area (Å²) in [7, 11) is 0. The third-order valence-electron chi connectivity index (χ3n) is 4.22. The summed E-state index contributed by atoms with van der Waals surface area (Å²) in [5.74, 6) is -2.03. The SMILES string of the molecule is NC(=O)CN(CC(N)=O)C(=O)C=Cc1cn(-c2ccccc2)nc1-c1ccccc1. The van der Waals surface area contributed by atoms with Gasteiger partial charge in [-0.3, -0.25) is 14.4 Å². The molecule has 1 aromatic heterocycles. The maximum absolute atomic E-state index is 12.5. The molecule has 3 aromatic rings. The zero-order chi connectivity index (χ0) is 21.5. The van der Waals surface area contributed by atoms with Crippen molar-refractivity contribution in [1.29, 1.82) is 0 Å². The van der Waals surface area contributed by atoms with Crippen LogP contribution in [0.4, 0.5) is 0 Å². The molecule has 4 N–H and O–H groups in total. The van der Waals surface area contributed by atoms with Gasteiger partial charge in [0, 0.05) is 23.4 Å². The Morgan fingerprint density at radius 2 is 1.47 bits per heavy atom. The number of hydrogen-bond donors (Lipinski definition) is 2. The molecule has 0 aliphatic carbocycles. The highest BCUT2D eigenvalue weighted by Crippen LogP contribution is 2.24. The standard InChI is InChI=1S/C22H21N5O3/c23-19(28)14-26(15-20(24)29)21(30)12-11-17-13-27(18-9-5-2-6-10-18)25-22(17)16-7-3-1-4-8-16/h1-13H,14-15H2,(H2,23,28)(H2,24,29). The van der Waals surface area contributed by atoms with Crippen LogP contribution in [0.1, 0.15) is 5.56 Å². The molecule has 2 aromatic carbocycles. The fourth-order valence-corrected chi connectivity index (χ4v) is 2.90. The number of primary amides is 2. The smallest absolute Gasteiger partial charge is 0.247 e. The van der Waals surface area contributed by atoms with Crippen molar-refractivity contribution in [2.75, 3.05) is 13.1 Å². The molecule has 0 fully saturated rings. The summed E-state index contributed by atoms with van der Waals surface area (Å²) in [6.45, 7) is -0.804. The van der Waals surface area contributed by atoms with Crippen LogP contribution in [0.25, 0.3) is 23.0 Å². The molecule has 30 heavy (non-hydrogen) atoms. The summed E-state index contributed by atoms with van der Waals surface area (Å²) < 4.78 is 1.72. The van der Waals surface area contributed by atoms with Crippen LogP contribution in [-0.2, 0) is 14.4 Å². The number of carbonyl (C=O) groups excluding carboxylic acids is 3. The van der Waals surface area contributed by atoms with Gasteiger partial charge in [0.1, 0.15) is 13.1 Å². The zero-order valence-electron chi connectivity index (χ0n) is 16.1. The van der Waals surface area contributed by atoms with E-state index in [1.807, 2.05) is 60.7 Å². The monoisotopic (exact) mass is 403 g/mol. The number of para-hydroxylation sites is 1. The third kappa shape index (κ3) is 5.20. The van der Waals surface area contributed by atoms with Crippen molar-refractivity contribution in [3.8, 4) is 16.9 Å². The Bertz CT molecular complexity index is 1060. The Morgan fingerprint density at radius 1 is 0.900 bits per heavy atom. The summed E-state index contributed by atoms with van der Waals surface area (Å²) in [4.78, 5) is 35.9. The summed E-state index contributed by atoms with van der Waals surface area (Å²) in [5.41, 5.74) is 13.4. The van der Waals surface area contributed by atoms with Gasteiger partial charge in [0.2, 0.25) is 17.7 Å². The van der Waals surface area contributed by atoms with Crippen LogP contribution >= 0.6 is 0 Å². The van der Waals surface area contributed by atoms with Crippen LogP contribution in [0, 0.1) is 0 Å². The average molecular weight is 403 g/mol. The molecular weight excluding hydrogens is 382 g/mol. The number of amides is 3. The Balaban J connectivity index is 1.95. The van der Waals surface area contributed by atoms with E-state index in [4.69, 9.17) is 11.5 Å². The molecule has 3 amide bonds. The molecule has 8 heteroatoms. The fraction of sp³-hybridized carbons (Fsp3) is 0.0909. The molecule has 0 spiro atoms. The summed E-state index contributed by atoms with van der Waals surface area (Å²) in [6.07, 6.45) is 4.66. The van der Waals surface area contributed by atoms with Crippen LogP contribution in [0.15, 0.2) is 72.9 Å². The molecule has 8 nitrogen and oxygen atoms in total. The molecule has 0 aliphatic heterocycles. The minimum absolute atomic E-state index is 0.402. The van der Waals surface area contributed by atoms with E-state index in [1.165, 1.54) is 6.08 Å². The van der Waals surface area contributed by atoms with E-state index in [0.717, 1.165) is 16.2 Å². The molecule has 3 rings (SSSR count). The normalized spacial score (nSPS) is 10.8. The molecule has 0 saturated carbocycles. The van der Waals surface area contributed by atoms with E-state index in [-0.39, 0.29) is 0 Å². The second-order valence-electron chi connectivity index (χ2n) is 6.54. The van der Waals surface area contributed by atoms with Crippen molar-refractivity contribution in [3.05, 3.63) is 78.5 Å². The minimum Gasteiger partial charge on any atom is -0.368 e. The second-order valence-corrected chi connectivity index (χ2v) is 6.54. The van der Waals surface area contributed by atoms with Gasteiger partial charge < -0.3 is 16.4 Å². The van der Waals surface area contributed by atoms with E-state index >= 15 is 0 Å². The van der Waals surface area contributed by atoms with Gasteiger partial charge in [-0.15, -0.1) is 0 Å². The first-order valence-electron chi connectivity index (χ1n) is 9.18.